The van der Waals surface area contributed by atoms with E-state index in [-0.39, 0.29) is 0 Å². The Morgan fingerprint density at radius 1 is 0.870 bits per heavy atom. The topological polar surface area (TPSA) is 75.6 Å². The first-order chi connectivity index (χ1) is 11.1. The molecule has 5 heteroatoms. The minimum atomic E-state index is -1.17. The van der Waals surface area contributed by atoms with Crippen LogP contribution in [0.2, 0.25) is 0 Å². The Balaban J connectivity index is 3.63. The Hall–Kier alpha value is -1.26. The molecule has 0 radical (unpaired) electrons. The highest BCUT2D eigenvalue weighted by molar-refractivity contribution is 5.80. The van der Waals surface area contributed by atoms with Gasteiger partial charge < -0.3 is 15.2 Å². The Bertz CT molecular complexity index is 307. The van der Waals surface area contributed by atoms with Crippen LogP contribution in [0.3, 0.4) is 0 Å². The van der Waals surface area contributed by atoms with Crippen LogP contribution in [-0.2, 0) is 9.53 Å². The summed E-state index contributed by atoms with van der Waals surface area (Å²) in [7, 11) is 0. The minimum Gasteiger partial charge on any atom is -0.465 e. The molecule has 136 valence electrons. The number of ether oxygens (including phenoxy) is 1. The summed E-state index contributed by atoms with van der Waals surface area (Å²) < 4.78 is 5.20. The molecule has 0 fully saturated rings. The van der Waals surface area contributed by atoms with Crippen molar-refractivity contribution in [1.82, 2.24) is 5.32 Å². The summed E-state index contributed by atoms with van der Waals surface area (Å²) in [6.45, 7) is 4.62. The molecular weight excluding hydrogens is 294 g/mol. The number of hydrogen-bond donors (Lipinski definition) is 2. The molecule has 0 aromatic carbocycles. The van der Waals surface area contributed by atoms with Crippen LogP contribution in [0.25, 0.3) is 0 Å². The molecule has 1 unspecified atom stereocenters. The summed E-state index contributed by atoms with van der Waals surface area (Å²) >= 11 is 0. The van der Waals surface area contributed by atoms with Crippen molar-refractivity contribution >= 4 is 12.1 Å². The predicted molar refractivity (Wildman–Crippen MR) is 92.7 cm³/mol. The molecule has 0 aromatic heterocycles. The summed E-state index contributed by atoms with van der Waals surface area (Å²) in [5.74, 6) is -0.444. The summed E-state index contributed by atoms with van der Waals surface area (Å²) in [6, 6.07) is -0.731. The summed E-state index contributed by atoms with van der Waals surface area (Å²) in [4.78, 5) is 22.6. The third kappa shape index (κ3) is 14.1. The largest absolute Gasteiger partial charge is 0.465 e. The van der Waals surface area contributed by atoms with Gasteiger partial charge in [0.05, 0.1) is 6.61 Å². The van der Waals surface area contributed by atoms with E-state index in [2.05, 4.69) is 12.2 Å². The van der Waals surface area contributed by atoms with E-state index in [1.807, 2.05) is 6.92 Å². The van der Waals surface area contributed by atoms with Crippen LogP contribution in [0, 0.1) is 0 Å². The molecule has 1 amide bonds. The fraction of sp³-hybridized carbons (Fsp3) is 0.889. The lowest BCUT2D eigenvalue weighted by molar-refractivity contribution is -0.146. The molecule has 0 rings (SSSR count). The van der Waals surface area contributed by atoms with Crippen LogP contribution in [0.1, 0.15) is 90.9 Å². The molecule has 0 aliphatic rings. The van der Waals surface area contributed by atoms with Crippen LogP contribution in [0.15, 0.2) is 0 Å². The predicted octanol–water partition coefficient (Wildman–Crippen LogP) is 4.89. The molecule has 23 heavy (non-hydrogen) atoms. The van der Waals surface area contributed by atoms with Gasteiger partial charge in [-0.15, -0.1) is 0 Å². The molecule has 0 heterocycles. The summed E-state index contributed by atoms with van der Waals surface area (Å²) in [5, 5.41) is 11.0. The zero-order valence-electron chi connectivity index (χ0n) is 14.9. The Morgan fingerprint density at radius 2 is 1.39 bits per heavy atom. The number of carboxylic acid groups (broad SMARTS) is 1. The number of carbonyl (C=O) groups is 2. The van der Waals surface area contributed by atoms with Crippen molar-refractivity contribution in [3.05, 3.63) is 0 Å². The Labute approximate surface area is 141 Å². The highest BCUT2D eigenvalue weighted by atomic mass is 16.5. The smallest absolute Gasteiger partial charge is 0.405 e. The Kier molecular flexibility index (Phi) is 14.8. The molecular formula is C18H35NO4. The maximum Gasteiger partial charge on any atom is 0.405 e. The van der Waals surface area contributed by atoms with Crippen molar-refractivity contribution < 1.29 is 19.4 Å². The number of unbranched alkanes of at least 4 members (excludes halogenated alkanes) is 9. The third-order valence-electron chi connectivity index (χ3n) is 3.92. The highest BCUT2D eigenvalue weighted by Gasteiger charge is 2.21. The molecule has 0 saturated carbocycles. The van der Waals surface area contributed by atoms with Gasteiger partial charge in [0.2, 0.25) is 0 Å². The molecule has 0 saturated heterocycles. The van der Waals surface area contributed by atoms with Gasteiger partial charge in [0.1, 0.15) is 6.04 Å². The van der Waals surface area contributed by atoms with Crippen LogP contribution < -0.4 is 5.32 Å². The second kappa shape index (κ2) is 15.6. The van der Waals surface area contributed by atoms with E-state index < -0.39 is 18.1 Å². The van der Waals surface area contributed by atoms with E-state index in [0.29, 0.717) is 13.0 Å². The van der Waals surface area contributed by atoms with Crippen LogP contribution in [0.5, 0.6) is 0 Å². The van der Waals surface area contributed by atoms with Gasteiger partial charge in [-0.3, -0.25) is 0 Å². The van der Waals surface area contributed by atoms with Crippen molar-refractivity contribution in [2.24, 2.45) is 0 Å². The first kappa shape index (κ1) is 21.7. The fourth-order valence-electron chi connectivity index (χ4n) is 2.49. The molecule has 0 spiro atoms. The van der Waals surface area contributed by atoms with E-state index in [0.717, 1.165) is 25.7 Å². The SMILES string of the molecule is CCCCCCCCCCCOC(=O)C(CCCC)NC(=O)O. The number of carbonyl (C=O) groups excluding carboxylic acids is 1. The van der Waals surface area contributed by atoms with Gasteiger partial charge in [0.25, 0.3) is 0 Å². The lowest BCUT2D eigenvalue weighted by Gasteiger charge is -2.15. The van der Waals surface area contributed by atoms with Gasteiger partial charge in [0, 0.05) is 0 Å². The minimum absolute atomic E-state index is 0.387. The molecule has 0 aliphatic heterocycles. The maximum atomic E-state index is 11.9. The van der Waals surface area contributed by atoms with Crippen molar-refractivity contribution in [2.75, 3.05) is 6.61 Å². The first-order valence-electron chi connectivity index (χ1n) is 9.27. The quantitative estimate of drug-likeness (QED) is 0.331. The van der Waals surface area contributed by atoms with E-state index in [9.17, 15) is 9.59 Å². The van der Waals surface area contributed by atoms with Crippen LogP contribution in [0.4, 0.5) is 4.79 Å². The molecule has 2 N–H and O–H groups in total. The van der Waals surface area contributed by atoms with Crippen LogP contribution >= 0.6 is 0 Å². The molecule has 0 aromatic rings. The Morgan fingerprint density at radius 3 is 1.91 bits per heavy atom. The van der Waals surface area contributed by atoms with E-state index >= 15 is 0 Å². The lowest BCUT2D eigenvalue weighted by Crippen LogP contribution is -2.41. The second-order valence-corrected chi connectivity index (χ2v) is 6.14. The number of esters is 1. The number of nitrogens with one attached hydrogen (secondary N) is 1. The second-order valence-electron chi connectivity index (χ2n) is 6.14. The average Bonchev–Trinajstić information content (AvgIpc) is 2.52. The zero-order valence-corrected chi connectivity index (χ0v) is 14.9. The van der Waals surface area contributed by atoms with Gasteiger partial charge in [-0.1, -0.05) is 78.1 Å². The summed E-state index contributed by atoms with van der Waals surface area (Å²) in [5.41, 5.74) is 0. The van der Waals surface area contributed by atoms with Gasteiger partial charge >= 0.3 is 12.1 Å². The molecule has 5 nitrogen and oxygen atoms in total. The highest BCUT2D eigenvalue weighted by Crippen LogP contribution is 2.10. The molecule has 0 bridgehead atoms. The maximum absolute atomic E-state index is 11.9. The molecule has 1 atom stereocenters. The first-order valence-corrected chi connectivity index (χ1v) is 9.27. The van der Waals surface area contributed by atoms with Crippen molar-refractivity contribution in [3.63, 3.8) is 0 Å². The van der Waals surface area contributed by atoms with Crippen molar-refractivity contribution in [1.29, 1.82) is 0 Å². The average molecular weight is 329 g/mol. The van der Waals surface area contributed by atoms with Crippen LogP contribution in [-0.4, -0.2) is 29.8 Å². The fourth-order valence-corrected chi connectivity index (χ4v) is 2.49. The monoisotopic (exact) mass is 329 g/mol. The van der Waals surface area contributed by atoms with E-state index in [1.54, 1.807) is 0 Å². The van der Waals surface area contributed by atoms with Gasteiger partial charge in [0.15, 0.2) is 0 Å². The molecule has 0 aliphatic carbocycles. The van der Waals surface area contributed by atoms with Crippen molar-refractivity contribution in [3.8, 4) is 0 Å². The van der Waals surface area contributed by atoms with Gasteiger partial charge in [-0.2, -0.15) is 0 Å². The van der Waals surface area contributed by atoms with E-state index in [4.69, 9.17) is 9.84 Å². The van der Waals surface area contributed by atoms with Crippen molar-refractivity contribution in [2.45, 2.75) is 96.9 Å². The normalized spacial score (nSPS) is 11.9. The number of hydrogen-bond acceptors (Lipinski definition) is 3. The standard InChI is InChI=1S/C18H35NO4/c1-3-5-7-8-9-10-11-12-13-15-23-17(20)16(14-6-4-2)19-18(21)22/h16,19H,3-15H2,1-2H3,(H,21,22). The third-order valence-corrected chi connectivity index (χ3v) is 3.92. The van der Waals surface area contributed by atoms with Gasteiger partial charge in [-0.25, -0.2) is 9.59 Å². The zero-order chi connectivity index (χ0) is 17.3. The lowest BCUT2D eigenvalue weighted by atomic mass is 10.1. The van der Waals surface area contributed by atoms with Gasteiger partial charge in [-0.05, 0) is 12.8 Å². The summed E-state index contributed by atoms with van der Waals surface area (Å²) in [6.07, 6.45) is 12.0. The number of amides is 1. The van der Waals surface area contributed by atoms with E-state index in [1.165, 1.54) is 44.9 Å². The number of rotatable bonds is 15.